The number of aromatic nitrogens is 2. The fourth-order valence-corrected chi connectivity index (χ4v) is 1.76. The molecule has 0 spiro atoms. The summed E-state index contributed by atoms with van der Waals surface area (Å²) in [5.41, 5.74) is 12.1. The number of nitrogen functional groups attached to an aromatic ring is 1. The van der Waals surface area contributed by atoms with Gasteiger partial charge >= 0.3 is 0 Å². The Morgan fingerprint density at radius 2 is 2.12 bits per heavy atom. The number of primary amides is 1. The van der Waals surface area contributed by atoms with Crippen LogP contribution in [-0.2, 0) is 11.3 Å². The molecule has 1 amide bonds. The van der Waals surface area contributed by atoms with Crippen LogP contribution in [0, 0.1) is 6.92 Å². The van der Waals surface area contributed by atoms with E-state index in [9.17, 15) is 4.79 Å². The van der Waals surface area contributed by atoms with Crippen molar-refractivity contribution in [2.45, 2.75) is 46.2 Å². The summed E-state index contributed by atoms with van der Waals surface area (Å²) in [5.74, 6) is 0.400. The summed E-state index contributed by atoms with van der Waals surface area (Å²) in [7, 11) is 0. The molecule has 1 aromatic rings. The molecule has 0 atom stereocenters. The zero-order chi connectivity index (χ0) is 13.2. The Bertz CT molecular complexity index is 422. The van der Waals surface area contributed by atoms with Gasteiger partial charge in [0.25, 0.3) is 0 Å². The average Bonchev–Trinajstić information content (AvgIpc) is 2.43. The van der Waals surface area contributed by atoms with Gasteiger partial charge in [-0.2, -0.15) is 5.10 Å². The van der Waals surface area contributed by atoms with E-state index in [0.29, 0.717) is 12.2 Å². The van der Waals surface area contributed by atoms with Crippen LogP contribution in [0.2, 0.25) is 0 Å². The minimum atomic E-state index is -0.445. The van der Waals surface area contributed by atoms with Gasteiger partial charge in [-0.25, -0.2) is 4.68 Å². The predicted molar refractivity (Wildman–Crippen MR) is 68.6 cm³/mol. The van der Waals surface area contributed by atoms with Gasteiger partial charge in [0.2, 0.25) is 5.91 Å². The Hall–Kier alpha value is -1.72. The quantitative estimate of drug-likeness (QED) is 0.709. The average molecular weight is 239 g/mol. The van der Waals surface area contributed by atoms with Crippen LogP contribution in [-0.4, -0.2) is 21.2 Å². The molecule has 0 bridgehead atoms. The second-order valence-electron chi connectivity index (χ2n) is 4.82. The second-order valence-corrected chi connectivity index (χ2v) is 4.82. The zero-order valence-electron chi connectivity index (χ0n) is 10.9. The van der Waals surface area contributed by atoms with Gasteiger partial charge in [0.15, 0.2) is 0 Å². The molecule has 0 aliphatic carbocycles. The Morgan fingerprint density at radius 3 is 2.59 bits per heavy atom. The van der Waals surface area contributed by atoms with Gasteiger partial charge in [-0.15, -0.1) is 0 Å². The van der Waals surface area contributed by atoms with Crippen LogP contribution < -0.4 is 16.8 Å². The molecule has 17 heavy (non-hydrogen) atoms. The van der Waals surface area contributed by atoms with Crippen molar-refractivity contribution in [3.8, 4) is 0 Å². The van der Waals surface area contributed by atoms with E-state index in [1.807, 2.05) is 27.7 Å². The summed E-state index contributed by atoms with van der Waals surface area (Å²) in [4.78, 5) is 11.0. The number of rotatable bonds is 5. The number of anilines is 2. The Morgan fingerprint density at radius 1 is 1.53 bits per heavy atom. The first-order chi connectivity index (χ1) is 7.76. The lowest BCUT2D eigenvalue weighted by Gasteiger charge is -2.26. The van der Waals surface area contributed by atoms with Crippen LogP contribution in [0.15, 0.2) is 0 Å². The normalized spacial score (nSPS) is 11.5. The number of carbonyl (C=O) groups is 1. The van der Waals surface area contributed by atoms with E-state index in [1.54, 1.807) is 4.68 Å². The summed E-state index contributed by atoms with van der Waals surface area (Å²) in [5, 5.41) is 7.54. The number of hydrogen-bond acceptors (Lipinski definition) is 4. The lowest BCUT2D eigenvalue weighted by atomic mass is 10.0. The highest BCUT2D eigenvalue weighted by molar-refractivity contribution is 5.76. The number of hydrogen-bond donors (Lipinski definition) is 3. The van der Waals surface area contributed by atoms with E-state index in [0.717, 1.165) is 11.5 Å². The molecule has 5 N–H and O–H groups in total. The second kappa shape index (κ2) is 4.65. The maximum atomic E-state index is 11.0. The molecule has 0 aromatic carbocycles. The van der Waals surface area contributed by atoms with Crippen LogP contribution in [0.3, 0.4) is 0 Å². The van der Waals surface area contributed by atoms with Gasteiger partial charge in [0.05, 0.1) is 11.4 Å². The van der Waals surface area contributed by atoms with Crippen molar-refractivity contribution in [2.24, 2.45) is 5.73 Å². The van der Waals surface area contributed by atoms with Crippen LogP contribution in [0.4, 0.5) is 11.5 Å². The fourth-order valence-electron chi connectivity index (χ4n) is 1.76. The number of nitrogens with zero attached hydrogens (tertiary/aromatic N) is 2. The Kier molecular flexibility index (Phi) is 3.65. The largest absolute Gasteiger partial charge is 0.394 e. The third kappa shape index (κ3) is 3.12. The van der Waals surface area contributed by atoms with Crippen molar-refractivity contribution in [2.75, 3.05) is 11.1 Å². The molecule has 0 radical (unpaired) electrons. The topological polar surface area (TPSA) is 99.0 Å². The molecule has 1 heterocycles. The van der Waals surface area contributed by atoms with E-state index in [-0.39, 0.29) is 12.3 Å². The zero-order valence-corrected chi connectivity index (χ0v) is 10.9. The third-order valence-corrected chi connectivity index (χ3v) is 2.55. The van der Waals surface area contributed by atoms with Crippen molar-refractivity contribution in [3.63, 3.8) is 0 Å². The van der Waals surface area contributed by atoms with Gasteiger partial charge < -0.3 is 16.8 Å². The third-order valence-electron chi connectivity index (χ3n) is 2.55. The molecule has 6 nitrogen and oxygen atoms in total. The highest BCUT2D eigenvalue weighted by atomic mass is 16.1. The molecular weight excluding hydrogens is 218 g/mol. The molecule has 0 unspecified atom stereocenters. The highest BCUT2D eigenvalue weighted by Gasteiger charge is 2.24. The molecule has 0 aliphatic rings. The van der Waals surface area contributed by atoms with Gasteiger partial charge in [0.1, 0.15) is 5.82 Å². The molecule has 1 rings (SSSR count). The van der Waals surface area contributed by atoms with E-state index < -0.39 is 5.54 Å². The van der Waals surface area contributed by atoms with Crippen molar-refractivity contribution in [3.05, 3.63) is 5.69 Å². The standard InChI is InChI=1S/C11H21N5O/c1-5-16-10(9(13)7(2)15-16)14-11(3,4)6-8(12)17/h14H,5-6,13H2,1-4H3,(H2,12,17). The SMILES string of the molecule is CCn1nc(C)c(N)c1NC(C)(C)CC(N)=O. The molecular formula is C11H21N5O. The number of nitrogens with two attached hydrogens (primary N) is 2. The lowest BCUT2D eigenvalue weighted by molar-refractivity contribution is -0.118. The van der Waals surface area contributed by atoms with Crippen LogP contribution in [0.5, 0.6) is 0 Å². The molecule has 1 aromatic heterocycles. The highest BCUT2D eigenvalue weighted by Crippen LogP contribution is 2.26. The predicted octanol–water partition coefficient (Wildman–Crippen LogP) is 0.860. The van der Waals surface area contributed by atoms with Crippen molar-refractivity contribution in [1.82, 2.24) is 9.78 Å². The van der Waals surface area contributed by atoms with Crippen LogP contribution >= 0.6 is 0 Å². The molecule has 6 heteroatoms. The molecule has 0 fully saturated rings. The van der Waals surface area contributed by atoms with E-state index in [1.165, 1.54) is 0 Å². The molecule has 96 valence electrons. The molecule has 0 saturated carbocycles. The monoisotopic (exact) mass is 239 g/mol. The number of nitrogens with one attached hydrogen (secondary N) is 1. The van der Waals surface area contributed by atoms with Crippen molar-refractivity contribution < 1.29 is 4.79 Å². The number of aryl methyl sites for hydroxylation is 2. The van der Waals surface area contributed by atoms with E-state index in [4.69, 9.17) is 11.5 Å². The van der Waals surface area contributed by atoms with Gasteiger partial charge in [-0.1, -0.05) is 0 Å². The Balaban J connectivity index is 2.97. The van der Waals surface area contributed by atoms with Gasteiger partial charge in [-0.3, -0.25) is 4.79 Å². The summed E-state index contributed by atoms with van der Waals surface area (Å²) in [6, 6.07) is 0. The summed E-state index contributed by atoms with van der Waals surface area (Å²) in [6.07, 6.45) is 0.236. The first-order valence-corrected chi connectivity index (χ1v) is 5.66. The van der Waals surface area contributed by atoms with Crippen LogP contribution in [0.25, 0.3) is 0 Å². The maximum absolute atomic E-state index is 11.0. The van der Waals surface area contributed by atoms with Gasteiger partial charge in [0, 0.05) is 18.5 Å². The Labute approximate surface area is 101 Å². The first kappa shape index (κ1) is 13.3. The molecule has 0 saturated heterocycles. The lowest BCUT2D eigenvalue weighted by Crippen LogP contribution is -2.37. The van der Waals surface area contributed by atoms with Crippen molar-refractivity contribution in [1.29, 1.82) is 0 Å². The van der Waals surface area contributed by atoms with E-state index >= 15 is 0 Å². The first-order valence-electron chi connectivity index (χ1n) is 5.66. The summed E-state index contributed by atoms with van der Waals surface area (Å²) in [6.45, 7) is 8.36. The van der Waals surface area contributed by atoms with E-state index in [2.05, 4.69) is 10.4 Å². The minimum Gasteiger partial charge on any atom is -0.394 e. The molecule has 0 aliphatic heterocycles. The maximum Gasteiger partial charge on any atom is 0.219 e. The summed E-state index contributed by atoms with van der Waals surface area (Å²) < 4.78 is 1.79. The fraction of sp³-hybridized carbons (Fsp3) is 0.636. The minimum absolute atomic E-state index is 0.236. The van der Waals surface area contributed by atoms with Crippen molar-refractivity contribution >= 4 is 17.4 Å². The van der Waals surface area contributed by atoms with Gasteiger partial charge in [-0.05, 0) is 27.7 Å². The van der Waals surface area contributed by atoms with Crippen LogP contribution in [0.1, 0.15) is 32.9 Å². The summed E-state index contributed by atoms with van der Waals surface area (Å²) >= 11 is 0. The number of carbonyl (C=O) groups excluding carboxylic acids is 1. The number of amides is 1. The smallest absolute Gasteiger partial charge is 0.219 e.